The number of carbonyl (C=O) groups is 1. The fraction of sp³-hybridized carbons (Fsp3) is 0.190. The number of phenolic OH excluding ortho intramolecular Hbond substituents is 1. The fourth-order valence-electron chi connectivity index (χ4n) is 2.87. The molecule has 0 aliphatic heterocycles. The molecule has 3 aromatic rings. The van der Waals surface area contributed by atoms with Crippen molar-refractivity contribution in [2.75, 3.05) is 14.2 Å². The van der Waals surface area contributed by atoms with Crippen molar-refractivity contribution in [3.05, 3.63) is 50.3 Å². The van der Waals surface area contributed by atoms with E-state index in [-0.39, 0.29) is 21.2 Å². The van der Waals surface area contributed by atoms with Gasteiger partial charge in [-0.2, -0.15) is 0 Å². The van der Waals surface area contributed by atoms with Crippen molar-refractivity contribution in [3.8, 4) is 28.6 Å². The van der Waals surface area contributed by atoms with Crippen molar-refractivity contribution in [2.24, 2.45) is 0 Å². The van der Waals surface area contributed by atoms with Crippen LogP contribution in [0.5, 0.6) is 17.2 Å². The Hall–Kier alpha value is -2.69. The summed E-state index contributed by atoms with van der Waals surface area (Å²) in [5.74, 6) is 0.320. The molecule has 0 saturated heterocycles. The number of ether oxygens (including phenoxy) is 2. The Morgan fingerprint density at radius 2 is 1.84 bits per heavy atom. The number of phenols is 1. The molecule has 0 aliphatic rings. The monoisotopic (exact) mass is 539 g/mol. The largest absolute Gasteiger partial charge is 0.506 e. The molecule has 168 valence electrons. The number of halogens is 2. The molecule has 11 heteroatoms. The lowest BCUT2D eigenvalue weighted by Crippen LogP contribution is -2.03. The predicted molar refractivity (Wildman–Crippen MR) is 127 cm³/mol. The van der Waals surface area contributed by atoms with Crippen molar-refractivity contribution in [1.29, 1.82) is 0 Å². The number of methoxy groups -OCH3 is 2. The van der Waals surface area contributed by atoms with E-state index < -0.39 is 5.97 Å². The van der Waals surface area contributed by atoms with Gasteiger partial charge in [0.05, 0.1) is 19.2 Å². The third kappa shape index (κ3) is 5.20. The number of carboxylic acids is 1. The molecular weight excluding hydrogens is 522 g/mol. The SMILES string of the molecule is CCn1c(S/C(=C\c2cc(Br)cc(Cl)c2O)C(=O)O)nnc1-c1cc(OC)cc(OC)c1. The van der Waals surface area contributed by atoms with E-state index in [9.17, 15) is 15.0 Å². The maximum absolute atomic E-state index is 11.9. The van der Waals surface area contributed by atoms with Gasteiger partial charge >= 0.3 is 5.97 Å². The zero-order valence-electron chi connectivity index (χ0n) is 17.3. The van der Waals surface area contributed by atoms with Gasteiger partial charge in [-0.1, -0.05) is 27.5 Å². The Balaban J connectivity index is 2.04. The van der Waals surface area contributed by atoms with Gasteiger partial charge in [0.15, 0.2) is 11.0 Å². The summed E-state index contributed by atoms with van der Waals surface area (Å²) in [5, 5.41) is 28.9. The first-order chi connectivity index (χ1) is 15.3. The van der Waals surface area contributed by atoms with Crippen LogP contribution in [0.1, 0.15) is 12.5 Å². The number of benzene rings is 2. The van der Waals surface area contributed by atoms with Crippen LogP contribution in [0.3, 0.4) is 0 Å². The smallest absolute Gasteiger partial charge is 0.342 e. The Morgan fingerprint density at radius 1 is 1.19 bits per heavy atom. The number of aromatic nitrogens is 3. The van der Waals surface area contributed by atoms with Crippen LogP contribution < -0.4 is 9.47 Å². The van der Waals surface area contributed by atoms with E-state index in [0.717, 1.165) is 11.8 Å². The van der Waals surface area contributed by atoms with Crippen molar-refractivity contribution in [3.63, 3.8) is 0 Å². The van der Waals surface area contributed by atoms with Gasteiger partial charge in [-0.25, -0.2) is 4.79 Å². The number of hydrogen-bond acceptors (Lipinski definition) is 7. The second kappa shape index (κ2) is 10.3. The number of aromatic hydroxyl groups is 1. The highest BCUT2D eigenvalue weighted by atomic mass is 79.9. The molecule has 1 heterocycles. The van der Waals surface area contributed by atoms with Gasteiger partial charge < -0.3 is 24.3 Å². The van der Waals surface area contributed by atoms with Crippen molar-refractivity contribution >= 4 is 51.3 Å². The maximum Gasteiger partial charge on any atom is 0.342 e. The van der Waals surface area contributed by atoms with Gasteiger partial charge in [-0.05, 0) is 49.0 Å². The molecular formula is C21H19BrClN3O5S. The minimum absolute atomic E-state index is 0.0636. The molecule has 1 aromatic heterocycles. The van der Waals surface area contributed by atoms with Crippen LogP contribution >= 0.6 is 39.3 Å². The first-order valence-corrected chi connectivity index (χ1v) is 11.2. The van der Waals surface area contributed by atoms with Gasteiger partial charge in [-0.15, -0.1) is 10.2 Å². The van der Waals surface area contributed by atoms with Crippen LogP contribution in [0.15, 0.2) is 44.9 Å². The molecule has 0 spiro atoms. The van der Waals surface area contributed by atoms with Gasteiger partial charge in [-0.3, -0.25) is 0 Å². The average Bonchev–Trinajstić information content (AvgIpc) is 3.18. The minimum atomic E-state index is -1.18. The molecule has 0 amide bonds. The molecule has 3 rings (SSSR count). The maximum atomic E-state index is 11.9. The summed E-state index contributed by atoms with van der Waals surface area (Å²) in [6.45, 7) is 2.39. The molecule has 2 N–H and O–H groups in total. The average molecular weight is 541 g/mol. The lowest BCUT2D eigenvalue weighted by molar-refractivity contribution is -0.131. The van der Waals surface area contributed by atoms with Gasteiger partial charge in [0.2, 0.25) is 0 Å². The summed E-state index contributed by atoms with van der Waals surface area (Å²) in [6, 6.07) is 8.42. The number of hydrogen-bond donors (Lipinski definition) is 2. The van der Waals surface area contributed by atoms with Gasteiger partial charge in [0, 0.05) is 28.2 Å². The van der Waals surface area contributed by atoms with Crippen LogP contribution in [0, 0.1) is 0 Å². The molecule has 8 nitrogen and oxygen atoms in total. The molecule has 0 saturated carbocycles. The number of thioether (sulfide) groups is 1. The van der Waals surface area contributed by atoms with Crippen LogP contribution in [-0.2, 0) is 11.3 Å². The summed E-state index contributed by atoms with van der Waals surface area (Å²) in [6.07, 6.45) is 1.34. The van der Waals surface area contributed by atoms with Crippen molar-refractivity contribution in [2.45, 2.75) is 18.6 Å². The zero-order chi connectivity index (χ0) is 23.4. The number of carboxylic acid groups (broad SMARTS) is 1. The fourth-order valence-corrected chi connectivity index (χ4v) is 4.58. The Bertz CT molecular complexity index is 1180. The summed E-state index contributed by atoms with van der Waals surface area (Å²) in [4.78, 5) is 11.9. The van der Waals surface area contributed by atoms with E-state index in [1.165, 1.54) is 12.1 Å². The molecule has 0 unspecified atom stereocenters. The van der Waals surface area contributed by atoms with E-state index in [4.69, 9.17) is 21.1 Å². The second-order valence-corrected chi connectivity index (χ2v) is 8.73. The topological polar surface area (TPSA) is 107 Å². The van der Waals surface area contributed by atoms with E-state index >= 15 is 0 Å². The van der Waals surface area contributed by atoms with E-state index in [2.05, 4.69) is 26.1 Å². The lowest BCUT2D eigenvalue weighted by atomic mass is 10.2. The Kier molecular flexibility index (Phi) is 7.70. The van der Waals surface area contributed by atoms with Crippen molar-refractivity contribution < 1.29 is 24.5 Å². The van der Waals surface area contributed by atoms with Crippen LogP contribution in [0.2, 0.25) is 5.02 Å². The van der Waals surface area contributed by atoms with Gasteiger partial charge in [0.25, 0.3) is 0 Å². The molecule has 0 fully saturated rings. The summed E-state index contributed by atoms with van der Waals surface area (Å²) in [7, 11) is 3.11. The third-order valence-corrected chi connectivity index (χ3v) is 6.14. The zero-order valence-corrected chi connectivity index (χ0v) is 20.5. The van der Waals surface area contributed by atoms with Crippen LogP contribution in [0.4, 0.5) is 0 Å². The summed E-state index contributed by atoms with van der Waals surface area (Å²) < 4.78 is 13.0. The van der Waals surface area contributed by atoms with Gasteiger partial charge in [0.1, 0.15) is 22.2 Å². The van der Waals surface area contributed by atoms with Crippen LogP contribution in [-0.4, -0.2) is 45.2 Å². The molecule has 2 aromatic carbocycles. The van der Waals surface area contributed by atoms with Crippen molar-refractivity contribution in [1.82, 2.24) is 14.8 Å². The highest BCUT2D eigenvalue weighted by molar-refractivity contribution is 9.10. The highest BCUT2D eigenvalue weighted by Gasteiger charge is 2.20. The molecule has 0 aliphatic carbocycles. The molecule has 0 atom stereocenters. The normalized spacial score (nSPS) is 11.5. The van der Waals surface area contributed by atoms with Crippen LogP contribution in [0.25, 0.3) is 17.5 Å². The highest BCUT2D eigenvalue weighted by Crippen LogP contribution is 2.37. The number of aliphatic carboxylic acids is 1. The second-order valence-electron chi connectivity index (χ2n) is 6.39. The first-order valence-electron chi connectivity index (χ1n) is 9.24. The van der Waals surface area contributed by atoms with E-state index in [1.54, 1.807) is 43.1 Å². The predicted octanol–water partition coefficient (Wildman–Crippen LogP) is 5.32. The number of rotatable bonds is 8. The molecule has 0 bridgehead atoms. The molecule has 32 heavy (non-hydrogen) atoms. The Morgan fingerprint density at radius 3 is 2.41 bits per heavy atom. The number of nitrogens with zero attached hydrogens (tertiary/aromatic N) is 3. The molecule has 0 radical (unpaired) electrons. The quantitative estimate of drug-likeness (QED) is 0.292. The minimum Gasteiger partial charge on any atom is -0.506 e. The Labute approximate surface area is 202 Å². The van der Waals surface area contributed by atoms with E-state index in [0.29, 0.717) is 39.1 Å². The lowest BCUT2D eigenvalue weighted by Gasteiger charge is -2.11. The standard InChI is InChI=1S/C21H19BrClN3O5S/c1-4-26-19(12-6-14(30-2)10-15(7-12)31-3)24-25-21(26)32-17(20(28)29)8-11-5-13(22)9-16(23)18(11)27/h5-10,27H,4H2,1-3H3,(H,28,29)/b17-8-. The third-order valence-electron chi connectivity index (χ3n) is 4.40. The first kappa shape index (κ1) is 24.0. The summed E-state index contributed by atoms with van der Waals surface area (Å²) >= 11 is 10.2. The summed E-state index contributed by atoms with van der Waals surface area (Å²) in [5.41, 5.74) is 0.967. The van der Waals surface area contributed by atoms with E-state index in [1.807, 2.05) is 6.92 Å².